The molecule has 3 aromatic heterocycles. The Kier molecular flexibility index (Phi) is 7.29. The van der Waals surface area contributed by atoms with Crippen LogP contribution >= 0.6 is 0 Å². The zero-order chi connectivity index (χ0) is 26.6. The fraction of sp³-hybridized carbons (Fsp3) is 0.345. The Hall–Kier alpha value is -4.15. The minimum atomic E-state index is -0.359. The zero-order valence-corrected chi connectivity index (χ0v) is 21.7. The molecule has 0 bridgehead atoms. The molecule has 200 valence electrons. The van der Waals surface area contributed by atoms with Crippen molar-refractivity contribution in [1.82, 2.24) is 30.4 Å². The first-order chi connectivity index (χ1) is 19.1. The van der Waals surface area contributed by atoms with Gasteiger partial charge in [-0.15, -0.1) is 0 Å². The van der Waals surface area contributed by atoms with Crippen LogP contribution in [0, 0.1) is 0 Å². The third kappa shape index (κ3) is 5.81. The van der Waals surface area contributed by atoms with Crippen LogP contribution in [0.3, 0.4) is 0 Å². The first kappa shape index (κ1) is 25.1. The molecule has 6 rings (SSSR count). The van der Waals surface area contributed by atoms with Crippen molar-refractivity contribution in [3.05, 3.63) is 71.9 Å². The van der Waals surface area contributed by atoms with Crippen molar-refractivity contribution >= 4 is 28.4 Å². The molecule has 10 heteroatoms. The molecule has 1 saturated heterocycles. The second kappa shape index (κ2) is 11.3. The van der Waals surface area contributed by atoms with Gasteiger partial charge in [0.05, 0.1) is 30.6 Å². The maximum absolute atomic E-state index is 13.1. The molecule has 10 nitrogen and oxygen atoms in total. The molecule has 2 fully saturated rings. The Morgan fingerprint density at radius 3 is 2.62 bits per heavy atom. The third-order valence-corrected chi connectivity index (χ3v) is 7.36. The second-order valence-electron chi connectivity index (χ2n) is 10.1. The van der Waals surface area contributed by atoms with E-state index in [2.05, 4.69) is 41.8 Å². The summed E-state index contributed by atoms with van der Waals surface area (Å²) in [5.41, 5.74) is 4.93. The van der Waals surface area contributed by atoms with Gasteiger partial charge in [0.15, 0.2) is 5.69 Å². The lowest BCUT2D eigenvalue weighted by Crippen LogP contribution is -2.35. The van der Waals surface area contributed by atoms with Crippen LogP contribution in [0.1, 0.15) is 52.2 Å². The van der Waals surface area contributed by atoms with Gasteiger partial charge in [0, 0.05) is 49.0 Å². The van der Waals surface area contributed by atoms with Crippen LogP contribution in [-0.4, -0.2) is 69.2 Å². The molecule has 1 aliphatic carbocycles. The van der Waals surface area contributed by atoms with E-state index in [1.165, 1.54) is 6.20 Å². The van der Waals surface area contributed by atoms with Crippen molar-refractivity contribution < 1.29 is 14.3 Å². The number of fused-ring (bicyclic) bond motifs is 1. The van der Waals surface area contributed by atoms with E-state index < -0.39 is 0 Å². The van der Waals surface area contributed by atoms with Gasteiger partial charge in [-0.1, -0.05) is 18.9 Å². The smallest absolute Gasteiger partial charge is 0.276 e. The van der Waals surface area contributed by atoms with E-state index in [0.717, 1.165) is 80.7 Å². The van der Waals surface area contributed by atoms with Crippen LogP contribution in [0.5, 0.6) is 0 Å². The number of anilines is 1. The third-order valence-electron chi connectivity index (χ3n) is 7.36. The predicted octanol–water partition coefficient (Wildman–Crippen LogP) is 3.78. The van der Waals surface area contributed by atoms with Gasteiger partial charge in [-0.05, 0) is 54.3 Å². The molecule has 4 aromatic rings. The van der Waals surface area contributed by atoms with E-state index in [-0.39, 0.29) is 23.6 Å². The molecule has 1 aromatic carbocycles. The fourth-order valence-corrected chi connectivity index (χ4v) is 5.24. The molecule has 3 N–H and O–H groups in total. The minimum absolute atomic E-state index is 0.186. The number of hydrogen-bond acceptors (Lipinski definition) is 7. The quantitative estimate of drug-likeness (QED) is 0.335. The van der Waals surface area contributed by atoms with E-state index >= 15 is 0 Å². The summed E-state index contributed by atoms with van der Waals surface area (Å²) in [6.45, 7) is 4.15. The molecule has 2 aliphatic rings. The highest BCUT2D eigenvalue weighted by atomic mass is 16.5. The topological polar surface area (TPSA) is 125 Å². The van der Waals surface area contributed by atoms with Crippen molar-refractivity contribution in [2.24, 2.45) is 0 Å². The van der Waals surface area contributed by atoms with Crippen LogP contribution < -0.4 is 10.6 Å². The van der Waals surface area contributed by atoms with Crippen molar-refractivity contribution in [3.63, 3.8) is 0 Å². The number of carbonyl (C=O) groups excluding carboxylic acids is 2. The van der Waals surface area contributed by atoms with E-state index in [1.54, 1.807) is 12.1 Å². The van der Waals surface area contributed by atoms with Crippen LogP contribution in [0.25, 0.3) is 22.0 Å². The summed E-state index contributed by atoms with van der Waals surface area (Å²) in [5.74, 6) is -0.545. The molecular formula is C29H31N7O3. The van der Waals surface area contributed by atoms with Crippen molar-refractivity contribution in [1.29, 1.82) is 0 Å². The van der Waals surface area contributed by atoms with E-state index in [0.29, 0.717) is 16.8 Å². The number of hydrogen-bond donors (Lipinski definition) is 3. The number of H-pyrrole nitrogens is 1. The maximum Gasteiger partial charge on any atom is 0.276 e. The SMILES string of the molecule is O=C(NC1CCCC1)c1ccc(NC(=O)c2n[nH]c3ccc(-c4cncc(CN5CCOCC5)c4)cc23)cn1. The highest BCUT2D eigenvalue weighted by Crippen LogP contribution is 2.26. The van der Waals surface area contributed by atoms with Crippen molar-refractivity contribution in [3.8, 4) is 11.1 Å². The Labute approximate surface area is 226 Å². The second-order valence-corrected chi connectivity index (χ2v) is 10.1. The lowest BCUT2D eigenvalue weighted by Gasteiger charge is -2.26. The Morgan fingerprint density at radius 1 is 0.974 bits per heavy atom. The van der Waals surface area contributed by atoms with Crippen molar-refractivity contribution in [2.45, 2.75) is 38.3 Å². The summed E-state index contributed by atoms with van der Waals surface area (Å²) in [6.07, 6.45) is 9.53. The van der Waals surface area contributed by atoms with Crippen LogP contribution in [0.2, 0.25) is 0 Å². The Bertz CT molecular complexity index is 1470. The maximum atomic E-state index is 13.1. The number of nitrogens with zero attached hydrogens (tertiary/aromatic N) is 4. The van der Waals surface area contributed by atoms with Crippen LogP contribution in [0.4, 0.5) is 5.69 Å². The molecule has 0 atom stereocenters. The lowest BCUT2D eigenvalue weighted by atomic mass is 10.0. The average molecular weight is 526 g/mol. The number of benzene rings is 1. The Balaban J connectivity index is 1.16. The summed E-state index contributed by atoms with van der Waals surface area (Å²) in [6, 6.07) is 11.5. The van der Waals surface area contributed by atoms with Crippen molar-refractivity contribution in [2.75, 3.05) is 31.6 Å². The number of aromatic nitrogens is 4. The summed E-state index contributed by atoms with van der Waals surface area (Å²) >= 11 is 0. The highest BCUT2D eigenvalue weighted by Gasteiger charge is 2.20. The lowest BCUT2D eigenvalue weighted by molar-refractivity contribution is 0.0341. The molecule has 0 radical (unpaired) electrons. The number of ether oxygens (including phenoxy) is 1. The first-order valence-electron chi connectivity index (χ1n) is 13.4. The van der Waals surface area contributed by atoms with Gasteiger partial charge in [0.25, 0.3) is 11.8 Å². The van der Waals surface area contributed by atoms with Gasteiger partial charge in [0.2, 0.25) is 0 Å². The normalized spacial score (nSPS) is 16.4. The molecule has 2 amide bonds. The van der Waals surface area contributed by atoms with E-state index in [1.807, 2.05) is 30.6 Å². The number of morpholine rings is 1. The number of pyridine rings is 2. The number of amides is 2. The Morgan fingerprint density at radius 2 is 1.82 bits per heavy atom. The highest BCUT2D eigenvalue weighted by molar-refractivity contribution is 6.11. The monoisotopic (exact) mass is 525 g/mol. The number of aromatic amines is 1. The van der Waals surface area contributed by atoms with Crippen LogP contribution in [0.15, 0.2) is 55.0 Å². The fourth-order valence-electron chi connectivity index (χ4n) is 5.24. The molecule has 39 heavy (non-hydrogen) atoms. The largest absolute Gasteiger partial charge is 0.379 e. The molecule has 4 heterocycles. The van der Waals surface area contributed by atoms with E-state index in [9.17, 15) is 9.59 Å². The number of rotatable bonds is 7. The molecule has 1 saturated carbocycles. The number of nitrogens with one attached hydrogen (secondary N) is 3. The summed E-state index contributed by atoms with van der Waals surface area (Å²) < 4.78 is 5.45. The van der Waals surface area contributed by atoms with Gasteiger partial charge in [-0.25, -0.2) is 4.98 Å². The summed E-state index contributed by atoms with van der Waals surface area (Å²) in [4.78, 5) is 36.6. The van der Waals surface area contributed by atoms with Gasteiger partial charge in [-0.3, -0.25) is 24.6 Å². The minimum Gasteiger partial charge on any atom is -0.379 e. The number of carbonyl (C=O) groups is 2. The van der Waals surface area contributed by atoms with Gasteiger partial charge < -0.3 is 15.4 Å². The zero-order valence-electron chi connectivity index (χ0n) is 21.7. The molecule has 0 unspecified atom stereocenters. The molecule has 1 aliphatic heterocycles. The average Bonchev–Trinajstić information content (AvgIpc) is 3.64. The summed E-state index contributed by atoms with van der Waals surface area (Å²) in [7, 11) is 0. The predicted molar refractivity (Wildman–Crippen MR) is 147 cm³/mol. The first-order valence-corrected chi connectivity index (χ1v) is 13.4. The standard InChI is InChI=1S/C29H31N7O3/c37-28(32-22-3-1-2-4-22)26-8-6-23(17-31-26)33-29(38)27-24-14-20(5-7-25(24)34-35-27)21-13-19(15-30-16-21)18-36-9-11-39-12-10-36/h5-8,13-17,22H,1-4,9-12,18H2,(H,32,37)(H,33,38)(H,34,35). The van der Waals surface area contributed by atoms with Gasteiger partial charge in [-0.2, -0.15) is 5.10 Å². The molecule has 0 spiro atoms. The van der Waals surface area contributed by atoms with Crippen LogP contribution in [-0.2, 0) is 11.3 Å². The summed E-state index contributed by atoms with van der Waals surface area (Å²) in [5, 5.41) is 13.8. The van der Waals surface area contributed by atoms with Gasteiger partial charge in [0.1, 0.15) is 5.69 Å². The van der Waals surface area contributed by atoms with Gasteiger partial charge >= 0.3 is 0 Å². The van der Waals surface area contributed by atoms with E-state index in [4.69, 9.17) is 4.74 Å². The molecular weight excluding hydrogens is 494 g/mol.